The van der Waals surface area contributed by atoms with Crippen molar-refractivity contribution in [2.24, 2.45) is 5.92 Å². The summed E-state index contributed by atoms with van der Waals surface area (Å²) in [4.78, 5) is 28.6. The number of carbonyl (C=O) groups excluding carboxylic acids is 1. The molecule has 1 amide bonds. The highest BCUT2D eigenvalue weighted by Crippen LogP contribution is 2.36. The van der Waals surface area contributed by atoms with Crippen LogP contribution in [0.1, 0.15) is 48.5 Å². The summed E-state index contributed by atoms with van der Waals surface area (Å²) in [5.74, 6) is 0.195. The van der Waals surface area contributed by atoms with Crippen LogP contribution in [0.2, 0.25) is 0 Å². The van der Waals surface area contributed by atoms with Crippen molar-refractivity contribution in [3.05, 3.63) is 57.6 Å². The van der Waals surface area contributed by atoms with Gasteiger partial charge in [-0.3, -0.25) is 14.9 Å². The van der Waals surface area contributed by atoms with Gasteiger partial charge in [0.2, 0.25) is 0 Å². The molecule has 2 aromatic rings. The summed E-state index contributed by atoms with van der Waals surface area (Å²) >= 11 is 0. The Morgan fingerprint density at radius 2 is 1.97 bits per heavy atom. The fourth-order valence-electron chi connectivity index (χ4n) is 4.60. The molecule has 1 aliphatic heterocycles. The number of nitro benzene ring substituents is 1. The first kappa shape index (κ1) is 24.7. The lowest BCUT2D eigenvalue weighted by Crippen LogP contribution is -2.35. The molecule has 2 aliphatic rings. The van der Waals surface area contributed by atoms with Gasteiger partial charge in [-0.05, 0) is 61.4 Å². The average molecular weight is 490 g/mol. The van der Waals surface area contributed by atoms with Crippen LogP contribution in [0.5, 0.6) is 11.5 Å². The number of carbonyl (C=O) groups is 1. The van der Waals surface area contributed by atoms with Crippen LogP contribution in [0.4, 0.5) is 20.2 Å². The van der Waals surface area contributed by atoms with Crippen molar-refractivity contribution < 1.29 is 28.0 Å². The lowest BCUT2D eigenvalue weighted by atomic mass is 9.99. The number of nitro groups is 1. The van der Waals surface area contributed by atoms with E-state index in [0.29, 0.717) is 17.2 Å². The summed E-state index contributed by atoms with van der Waals surface area (Å²) < 4.78 is 34.9. The molecule has 8 nitrogen and oxygen atoms in total. The van der Waals surface area contributed by atoms with Gasteiger partial charge in [0.25, 0.3) is 11.6 Å². The SMILES string of the molecule is COc1cc(CN(C(=O)c2ccc(N3CCCC(C)C3)c([N+](=O)[O-])c2)C2CC2)ccc1OC(F)F. The first-order valence-electron chi connectivity index (χ1n) is 11.7. The number of methoxy groups -OCH3 is 1. The first-order chi connectivity index (χ1) is 16.8. The number of ether oxygens (including phenoxy) is 2. The van der Waals surface area contributed by atoms with Gasteiger partial charge in [-0.25, -0.2) is 0 Å². The maximum absolute atomic E-state index is 13.4. The average Bonchev–Trinajstić information content (AvgIpc) is 3.67. The zero-order valence-electron chi connectivity index (χ0n) is 19.8. The molecule has 35 heavy (non-hydrogen) atoms. The second-order valence-electron chi connectivity index (χ2n) is 9.18. The second kappa shape index (κ2) is 10.5. The summed E-state index contributed by atoms with van der Waals surface area (Å²) in [6.45, 7) is 0.861. The summed E-state index contributed by atoms with van der Waals surface area (Å²) in [7, 11) is 1.35. The van der Waals surface area contributed by atoms with E-state index in [0.717, 1.165) is 38.8 Å². The Balaban J connectivity index is 1.58. The minimum Gasteiger partial charge on any atom is -0.493 e. The highest BCUT2D eigenvalue weighted by molar-refractivity contribution is 5.96. The van der Waals surface area contributed by atoms with Crippen molar-refractivity contribution in [2.45, 2.75) is 51.8 Å². The third-order valence-corrected chi connectivity index (χ3v) is 6.46. The van der Waals surface area contributed by atoms with Gasteiger partial charge in [0.1, 0.15) is 5.69 Å². The van der Waals surface area contributed by atoms with Crippen molar-refractivity contribution in [1.29, 1.82) is 0 Å². The zero-order valence-corrected chi connectivity index (χ0v) is 19.8. The first-order valence-corrected chi connectivity index (χ1v) is 11.7. The Morgan fingerprint density at radius 3 is 2.60 bits per heavy atom. The molecule has 0 bridgehead atoms. The summed E-state index contributed by atoms with van der Waals surface area (Å²) in [5.41, 5.74) is 1.39. The fraction of sp³-hybridized carbons (Fsp3) is 0.480. The number of halogens is 2. The molecule has 1 atom stereocenters. The molecule has 0 aromatic heterocycles. The Hall–Kier alpha value is -3.43. The maximum atomic E-state index is 13.4. The highest BCUT2D eigenvalue weighted by atomic mass is 19.3. The molecular weight excluding hydrogens is 460 g/mol. The second-order valence-corrected chi connectivity index (χ2v) is 9.18. The van der Waals surface area contributed by atoms with Gasteiger partial charge >= 0.3 is 6.61 Å². The molecule has 10 heteroatoms. The van der Waals surface area contributed by atoms with E-state index in [9.17, 15) is 23.7 Å². The maximum Gasteiger partial charge on any atom is 0.387 e. The number of rotatable bonds is 9. The van der Waals surface area contributed by atoms with Gasteiger partial charge in [0, 0.05) is 37.3 Å². The largest absolute Gasteiger partial charge is 0.493 e. The van der Waals surface area contributed by atoms with Crippen molar-refractivity contribution in [2.75, 3.05) is 25.1 Å². The summed E-state index contributed by atoms with van der Waals surface area (Å²) in [5, 5.41) is 11.9. The van der Waals surface area contributed by atoms with E-state index in [1.807, 2.05) is 4.90 Å². The molecule has 1 heterocycles. The van der Waals surface area contributed by atoms with Crippen LogP contribution in [0.3, 0.4) is 0 Å². The Morgan fingerprint density at radius 1 is 1.20 bits per heavy atom. The van der Waals surface area contributed by atoms with Crippen LogP contribution in [0.15, 0.2) is 36.4 Å². The Kier molecular flexibility index (Phi) is 7.37. The molecule has 0 N–H and O–H groups in total. The summed E-state index contributed by atoms with van der Waals surface area (Å²) in [6.07, 6.45) is 3.74. The van der Waals surface area contributed by atoms with E-state index >= 15 is 0 Å². The van der Waals surface area contributed by atoms with E-state index in [1.165, 1.54) is 19.2 Å². The molecule has 1 saturated carbocycles. The molecule has 188 valence electrons. The van der Waals surface area contributed by atoms with E-state index in [2.05, 4.69) is 11.7 Å². The third-order valence-electron chi connectivity index (χ3n) is 6.46. The van der Waals surface area contributed by atoms with Crippen molar-refractivity contribution in [3.63, 3.8) is 0 Å². The van der Waals surface area contributed by atoms with Crippen molar-refractivity contribution in [1.82, 2.24) is 4.90 Å². The van der Waals surface area contributed by atoms with Crippen LogP contribution in [0, 0.1) is 16.0 Å². The van der Waals surface area contributed by atoms with Crippen molar-refractivity contribution in [3.8, 4) is 11.5 Å². The normalized spacial score (nSPS) is 17.9. The topological polar surface area (TPSA) is 85.2 Å². The minimum atomic E-state index is -2.98. The van der Waals surface area contributed by atoms with Gasteiger partial charge in [0.05, 0.1) is 12.0 Å². The van der Waals surface area contributed by atoms with E-state index in [4.69, 9.17) is 4.74 Å². The monoisotopic (exact) mass is 489 g/mol. The molecule has 1 aliphatic carbocycles. The number of hydrogen-bond acceptors (Lipinski definition) is 6. The van der Waals surface area contributed by atoms with Crippen LogP contribution in [0.25, 0.3) is 0 Å². The van der Waals surface area contributed by atoms with Crippen LogP contribution in [-0.4, -0.2) is 48.6 Å². The molecule has 2 aromatic carbocycles. The number of nitrogens with zero attached hydrogens (tertiary/aromatic N) is 3. The molecular formula is C25H29F2N3O5. The zero-order chi connectivity index (χ0) is 25.1. The molecule has 0 spiro atoms. The van der Waals surface area contributed by atoms with Gasteiger partial charge in [-0.1, -0.05) is 13.0 Å². The van der Waals surface area contributed by atoms with Gasteiger partial charge in [-0.15, -0.1) is 0 Å². The number of amides is 1. The molecule has 4 rings (SSSR count). The predicted octanol–water partition coefficient (Wildman–Crippen LogP) is 5.25. The molecule has 1 saturated heterocycles. The lowest BCUT2D eigenvalue weighted by molar-refractivity contribution is -0.384. The summed E-state index contributed by atoms with van der Waals surface area (Å²) in [6, 6.07) is 9.26. The van der Waals surface area contributed by atoms with Crippen molar-refractivity contribution >= 4 is 17.3 Å². The standard InChI is InChI=1S/C25H29F2N3O5/c1-16-4-3-11-28(14-16)20-9-6-18(13-21(20)30(32)33)24(31)29(19-7-8-19)15-17-5-10-22(35-25(26)27)23(12-17)34-2/h5-6,9-10,12-13,16,19,25H,3-4,7-8,11,14-15H2,1-2H3. The lowest BCUT2D eigenvalue weighted by Gasteiger charge is -2.32. The van der Waals surface area contributed by atoms with E-state index < -0.39 is 11.5 Å². The predicted molar refractivity (Wildman–Crippen MR) is 126 cm³/mol. The van der Waals surface area contributed by atoms with Crippen LogP contribution >= 0.6 is 0 Å². The van der Waals surface area contributed by atoms with E-state index in [1.54, 1.807) is 29.2 Å². The quantitative estimate of drug-likeness (QED) is 0.354. The Bertz CT molecular complexity index is 1090. The van der Waals surface area contributed by atoms with Crippen LogP contribution < -0.4 is 14.4 Å². The third kappa shape index (κ3) is 5.80. The van der Waals surface area contributed by atoms with Gasteiger partial charge in [-0.2, -0.15) is 8.78 Å². The van der Waals surface area contributed by atoms with Crippen LogP contribution in [-0.2, 0) is 6.54 Å². The Labute approximate surface area is 202 Å². The van der Waals surface area contributed by atoms with E-state index in [-0.39, 0.29) is 41.2 Å². The highest BCUT2D eigenvalue weighted by Gasteiger charge is 2.34. The number of hydrogen-bond donors (Lipinski definition) is 0. The number of alkyl halides is 2. The minimum absolute atomic E-state index is 0.0205. The number of piperidine rings is 1. The molecule has 1 unspecified atom stereocenters. The number of anilines is 1. The molecule has 2 fully saturated rings. The smallest absolute Gasteiger partial charge is 0.387 e. The molecule has 0 radical (unpaired) electrons. The number of benzene rings is 2. The van der Waals surface area contributed by atoms with Gasteiger partial charge in [0.15, 0.2) is 11.5 Å². The van der Waals surface area contributed by atoms with Gasteiger partial charge < -0.3 is 19.3 Å². The fourth-order valence-corrected chi connectivity index (χ4v) is 4.60.